The van der Waals surface area contributed by atoms with Crippen molar-refractivity contribution in [2.75, 3.05) is 18.0 Å². The zero-order chi connectivity index (χ0) is 15.2. The molecule has 0 aliphatic heterocycles. The Labute approximate surface area is 126 Å². The molecular weight excluding hydrogens is 263 g/mol. The van der Waals surface area contributed by atoms with Gasteiger partial charge in [0.05, 0.1) is 5.69 Å². The second kappa shape index (κ2) is 7.23. The molecule has 2 rings (SSSR count). The lowest BCUT2D eigenvalue weighted by atomic mass is 10.0. The zero-order valence-electron chi connectivity index (χ0n) is 12.9. The van der Waals surface area contributed by atoms with E-state index < -0.39 is 0 Å². The van der Waals surface area contributed by atoms with Crippen molar-refractivity contribution in [1.29, 1.82) is 0 Å². The Hall–Kier alpha value is -1.87. The van der Waals surface area contributed by atoms with E-state index in [4.69, 9.17) is 0 Å². The maximum Gasteiger partial charge on any atom is 0.147 e. The maximum absolute atomic E-state index is 14.5. The number of nitrogens with zero attached hydrogens (tertiary/aromatic N) is 1. The van der Waals surface area contributed by atoms with Crippen LogP contribution in [0.2, 0.25) is 0 Å². The smallest absolute Gasteiger partial charge is 0.147 e. The molecule has 1 N–H and O–H groups in total. The fourth-order valence-corrected chi connectivity index (χ4v) is 2.66. The van der Waals surface area contributed by atoms with Gasteiger partial charge in [-0.3, -0.25) is 0 Å². The van der Waals surface area contributed by atoms with Crippen LogP contribution < -0.4 is 10.2 Å². The minimum Gasteiger partial charge on any atom is -0.339 e. The van der Waals surface area contributed by atoms with E-state index >= 15 is 0 Å². The summed E-state index contributed by atoms with van der Waals surface area (Å²) in [5, 5.41) is 3.37. The molecule has 0 spiro atoms. The molecule has 0 heterocycles. The average molecular weight is 286 g/mol. The molecule has 2 aromatic rings. The van der Waals surface area contributed by atoms with Gasteiger partial charge >= 0.3 is 0 Å². The number of benzene rings is 2. The topological polar surface area (TPSA) is 15.3 Å². The van der Waals surface area contributed by atoms with E-state index in [1.165, 1.54) is 6.07 Å². The normalized spacial score (nSPS) is 12.2. The fourth-order valence-electron chi connectivity index (χ4n) is 2.66. The Balaban J connectivity index is 2.50. The Bertz CT molecular complexity index is 569. The first-order chi connectivity index (χ1) is 10.2. The van der Waals surface area contributed by atoms with Crippen molar-refractivity contribution in [3.63, 3.8) is 0 Å². The third kappa shape index (κ3) is 3.42. The fraction of sp³-hybridized carbons (Fsp3) is 0.333. The molecule has 0 fully saturated rings. The Morgan fingerprint density at radius 1 is 1.05 bits per heavy atom. The molecule has 0 radical (unpaired) electrons. The van der Waals surface area contributed by atoms with Gasteiger partial charge in [-0.05, 0) is 44.2 Å². The molecule has 0 saturated heterocycles. The van der Waals surface area contributed by atoms with Gasteiger partial charge in [-0.1, -0.05) is 37.3 Å². The standard InChI is InChI=1S/C18H23FN2/c1-4-20-14(3)16-12-9-13-17(19)18(16)21(5-2)15-10-7-6-8-11-15/h6-14,20H,4-5H2,1-3H3. The largest absolute Gasteiger partial charge is 0.339 e. The van der Waals surface area contributed by atoms with Gasteiger partial charge in [0.1, 0.15) is 5.82 Å². The van der Waals surface area contributed by atoms with E-state index in [2.05, 4.69) is 19.2 Å². The van der Waals surface area contributed by atoms with Gasteiger partial charge in [-0.2, -0.15) is 0 Å². The number of halogens is 1. The van der Waals surface area contributed by atoms with Crippen molar-refractivity contribution in [2.24, 2.45) is 0 Å². The van der Waals surface area contributed by atoms with Crippen LogP contribution in [-0.2, 0) is 0 Å². The Morgan fingerprint density at radius 2 is 1.76 bits per heavy atom. The summed E-state index contributed by atoms with van der Waals surface area (Å²) in [5.41, 5.74) is 2.66. The second-order valence-corrected chi connectivity index (χ2v) is 5.04. The maximum atomic E-state index is 14.5. The first-order valence-electron chi connectivity index (χ1n) is 7.53. The molecule has 2 nitrogen and oxygen atoms in total. The van der Waals surface area contributed by atoms with Gasteiger partial charge in [0.25, 0.3) is 0 Å². The van der Waals surface area contributed by atoms with Crippen molar-refractivity contribution in [3.8, 4) is 0 Å². The van der Waals surface area contributed by atoms with Crippen molar-refractivity contribution in [1.82, 2.24) is 5.32 Å². The van der Waals surface area contributed by atoms with E-state index in [0.29, 0.717) is 5.69 Å². The lowest BCUT2D eigenvalue weighted by molar-refractivity contribution is 0.582. The molecule has 0 aromatic heterocycles. The van der Waals surface area contributed by atoms with Crippen molar-refractivity contribution < 1.29 is 4.39 Å². The van der Waals surface area contributed by atoms with Crippen LogP contribution >= 0.6 is 0 Å². The number of rotatable bonds is 6. The highest BCUT2D eigenvalue weighted by Crippen LogP contribution is 2.34. The summed E-state index contributed by atoms with van der Waals surface area (Å²) in [7, 11) is 0. The Kier molecular flexibility index (Phi) is 5.34. The molecule has 2 aromatic carbocycles. The summed E-state index contributed by atoms with van der Waals surface area (Å²) in [6.07, 6.45) is 0. The number of nitrogens with one attached hydrogen (secondary N) is 1. The molecular formula is C18H23FN2. The molecule has 0 bridgehead atoms. The number of hydrogen-bond acceptors (Lipinski definition) is 2. The minimum absolute atomic E-state index is 0.110. The zero-order valence-corrected chi connectivity index (χ0v) is 12.9. The van der Waals surface area contributed by atoms with Crippen LogP contribution in [-0.4, -0.2) is 13.1 Å². The molecule has 0 amide bonds. The number of anilines is 2. The van der Waals surface area contributed by atoms with Gasteiger partial charge in [-0.15, -0.1) is 0 Å². The van der Waals surface area contributed by atoms with Crippen molar-refractivity contribution in [2.45, 2.75) is 26.8 Å². The highest BCUT2D eigenvalue weighted by atomic mass is 19.1. The lowest BCUT2D eigenvalue weighted by Gasteiger charge is -2.28. The molecule has 1 atom stereocenters. The minimum atomic E-state index is -0.178. The summed E-state index contributed by atoms with van der Waals surface area (Å²) in [4.78, 5) is 2.03. The van der Waals surface area contributed by atoms with Crippen LogP contribution in [0.4, 0.5) is 15.8 Å². The lowest BCUT2D eigenvalue weighted by Crippen LogP contribution is -2.24. The van der Waals surface area contributed by atoms with Gasteiger partial charge in [0, 0.05) is 18.3 Å². The monoisotopic (exact) mass is 286 g/mol. The van der Waals surface area contributed by atoms with Gasteiger partial charge in [0.15, 0.2) is 0 Å². The first kappa shape index (κ1) is 15.5. The summed E-state index contributed by atoms with van der Waals surface area (Å²) >= 11 is 0. The molecule has 3 heteroatoms. The number of para-hydroxylation sites is 2. The highest BCUT2D eigenvalue weighted by Gasteiger charge is 2.19. The number of hydrogen-bond donors (Lipinski definition) is 1. The molecule has 0 aliphatic rings. The third-order valence-electron chi connectivity index (χ3n) is 3.65. The van der Waals surface area contributed by atoms with Crippen LogP contribution in [0.25, 0.3) is 0 Å². The molecule has 0 aliphatic carbocycles. The SMILES string of the molecule is CCNC(C)c1cccc(F)c1N(CC)c1ccccc1. The summed E-state index contributed by atoms with van der Waals surface area (Å²) in [6, 6.07) is 15.4. The quantitative estimate of drug-likeness (QED) is 0.831. The van der Waals surface area contributed by atoms with Gasteiger partial charge in [0.2, 0.25) is 0 Å². The van der Waals surface area contributed by atoms with Crippen LogP contribution in [0.15, 0.2) is 48.5 Å². The molecule has 0 saturated carbocycles. The highest BCUT2D eigenvalue weighted by molar-refractivity contribution is 5.67. The average Bonchev–Trinajstić information content (AvgIpc) is 2.51. The van der Waals surface area contributed by atoms with E-state index in [9.17, 15) is 4.39 Å². The van der Waals surface area contributed by atoms with Gasteiger partial charge < -0.3 is 10.2 Å². The van der Waals surface area contributed by atoms with E-state index in [0.717, 1.165) is 24.3 Å². The van der Waals surface area contributed by atoms with Crippen LogP contribution in [0, 0.1) is 5.82 Å². The van der Waals surface area contributed by atoms with E-state index in [-0.39, 0.29) is 11.9 Å². The second-order valence-electron chi connectivity index (χ2n) is 5.04. The summed E-state index contributed by atoms with van der Waals surface area (Å²) < 4.78 is 14.5. The van der Waals surface area contributed by atoms with E-state index in [1.54, 1.807) is 6.07 Å². The summed E-state index contributed by atoms with van der Waals surface area (Å²) in [5.74, 6) is -0.178. The van der Waals surface area contributed by atoms with Crippen LogP contribution in [0.1, 0.15) is 32.4 Å². The molecule has 1 unspecified atom stereocenters. The van der Waals surface area contributed by atoms with Crippen LogP contribution in [0.3, 0.4) is 0 Å². The molecule has 112 valence electrons. The predicted molar refractivity (Wildman–Crippen MR) is 87.6 cm³/mol. The third-order valence-corrected chi connectivity index (χ3v) is 3.65. The first-order valence-corrected chi connectivity index (χ1v) is 7.53. The van der Waals surface area contributed by atoms with Crippen molar-refractivity contribution in [3.05, 3.63) is 59.9 Å². The van der Waals surface area contributed by atoms with Crippen LogP contribution in [0.5, 0.6) is 0 Å². The Morgan fingerprint density at radius 3 is 2.38 bits per heavy atom. The van der Waals surface area contributed by atoms with Gasteiger partial charge in [-0.25, -0.2) is 4.39 Å². The van der Waals surface area contributed by atoms with E-state index in [1.807, 2.05) is 48.2 Å². The molecule has 21 heavy (non-hydrogen) atoms. The predicted octanol–water partition coefficient (Wildman–Crippen LogP) is 4.65. The van der Waals surface area contributed by atoms with Crippen molar-refractivity contribution >= 4 is 11.4 Å². The summed E-state index contributed by atoms with van der Waals surface area (Å²) in [6.45, 7) is 7.75.